The van der Waals surface area contributed by atoms with E-state index in [9.17, 15) is 4.79 Å². The Morgan fingerprint density at radius 2 is 2.23 bits per heavy atom. The third-order valence-corrected chi connectivity index (χ3v) is 2.61. The van der Waals surface area contributed by atoms with E-state index >= 15 is 0 Å². The Hall–Kier alpha value is -1.06. The molecule has 0 aliphatic heterocycles. The summed E-state index contributed by atoms with van der Waals surface area (Å²) in [5, 5.41) is 2.86. The Morgan fingerprint density at radius 1 is 1.38 bits per heavy atom. The molecule has 0 atom stereocenters. The molecule has 0 radical (unpaired) electrons. The van der Waals surface area contributed by atoms with E-state index in [1.807, 2.05) is 23.6 Å². The zero-order valence-electron chi connectivity index (χ0n) is 6.49. The van der Waals surface area contributed by atoms with Gasteiger partial charge >= 0.3 is 5.43 Å². The summed E-state index contributed by atoms with van der Waals surface area (Å²) in [6.45, 7) is 0. The average Bonchev–Trinajstić information content (AvgIpc) is 2.51. The molecule has 0 saturated carbocycles. The Morgan fingerprint density at radius 3 is 3.00 bits per heavy atom. The van der Waals surface area contributed by atoms with Gasteiger partial charge in [-0.25, -0.2) is 4.79 Å². The molecule has 13 heavy (non-hydrogen) atoms. The van der Waals surface area contributed by atoms with Gasteiger partial charge in [0.1, 0.15) is 5.75 Å². The van der Waals surface area contributed by atoms with Crippen LogP contribution in [0.25, 0.3) is 10.1 Å². The van der Waals surface area contributed by atoms with Crippen LogP contribution in [0.4, 0.5) is 4.79 Å². The topological polar surface area (TPSA) is 26.3 Å². The van der Waals surface area contributed by atoms with E-state index in [-0.39, 0.29) is 0 Å². The molecule has 0 saturated heterocycles. The number of hydrogen-bond acceptors (Lipinski definition) is 3. The second-order valence-electron chi connectivity index (χ2n) is 2.43. The van der Waals surface area contributed by atoms with E-state index in [0.29, 0.717) is 5.75 Å². The van der Waals surface area contributed by atoms with Crippen LogP contribution in [0.15, 0.2) is 29.6 Å². The first kappa shape index (κ1) is 8.53. The summed E-state index contributed by atoms with van der Waals surface area (Å²) in [4.78, 5) is 10.5. The molecule has 1 aromatic carbocycles. The van der Waals surface area contributed by atoms with Crippen LogP contribution >= 0.6 is 22.9 Å². The van der Waals surface area contributed by atoms with Crippen molar-refractivity contribution in [3.05, 3.63) is 29.6 Å². The monoisotopic (exact) mass is 212 g/mol. The Balaban J connectivity index is 2.54. The fourth-order valence-corrected chi connectivity index (χ4v) is 2.03. The number of carbonyl (C=O) groups excluding carboxylic acids is 1. The van der Waals surface area contributed by atoms with Gasteiger partial charge < -0.3 is 4.74 Å². The number of benzene rings is 1. The van der Waals surface area contributed by atoms with Crippen molar-refractivity contribution >= 4 is 38.5 Å². The number of thiophene rings is 1. The van der Waals surface area contributed by atoms with Crippen LogP contribution in [0.1, 0.15) is 0 Å². The lowest BCUT2D eigenvalue weighted by Crippen LogP contribution is -1.95. The summed E-state index contributed by atoms with van der Waals surface area (Å²) in [6, 6.07) is 7.41. The first-order valence-corrected chi connectivity index (χ1v) is 4.86. The highest BCUT2D eigenvalue weighted by atomic mass is 35.5. The number of rotatable bonds is 1. The summed E-state index contributed by atoms with van der Waals surface area (Å²) < 4.78 is 5.90. The minimum Gasteiger partial charge on any atom is -0.414 e. The van der Waals surface area contributed by atoms with Crippen molar-refractivity contribution in [1.82, 2.24) is 0 Å². The van der Waals surface area contributed by atoms with Gasteiger partial charge in [-0.3, -0.25) is 0 Å². The SMILES string of the molecule is O=C(Cl)Oc1cccc2sccc12. The summed E-state index contributed by atoms with van der Waals surface area (Å²) in [6.07, 6.45) is 0. The Kier molecular flexibility index (Phi) is 2.20. The fourth-order valence-electron chi connectivity index (χ4n) is 1.14. The van der Waals surface area contributed by atoms with Gasteiger partial charge in [0, 0.05) is 21.7 Å². The zero-order valence-corrected chi connectivity index (χ0v) is 8.06. The molecule has 0 amide bonds. The van der Waals surface area contributed by atoms with Gasteiger partial charge in [-0.15, -0.1) is 11.3 Å². The first-order chi connectivity index (χ1) is 6.27. The summed E-state index contributed by atoms with van der Waals surface area (Å²) in [5.74, 6) is 0.513. The smallest absolute Gasteiger partial charge is 0.409 e. The normalized spacial score (nSPS) is 10.2. The van der Waals surface area contributed by atoms with Gasteiger partial charge in [-0.2, -0.15) is 0 Å². The second kappa shape index (κ2) is 3.36. The Bertz CT molecular complexity index is 450. The molecule has 4 heteroatoms. The number of halogens is 1. The van der Waals surface area contributed by atoms with Crippen molar-refractivity contribution < 1.29 is 9.53 Å². The van der Waals surface area contributed by atoms with Crippen molar-refractivity contribution in [1.29, 1.82) is 0 Å². The quantitative estimate of drug-likeness (QED) is 0.675. The molecule has 0 aliphatic carbocycles. The van der Waals surface area contributed by atoms with Crippen LogP contribution in [0.2, 0.25) is 0 Å². The van der Waals surface area contributed by atoms with Gasteiger partial charge in [0.05, 0.1) is 0 Å². The third-order valence-electron chi connectivity index (χ3n) is 1.65. The maximum atomic E-state index is 10.5. The van der Waals surface area contributed by atoms with Crippen LogP contribution in [-0.4, -0.2) is 5.43 Å². The lowest BCUT2D eigenvalue weighted by atomic mass is 10.2. The van der Waals surface area contributed by atoms with E-state index in [1.165, 1.54) is 0 Å². The third kappa shape index (κ3) is 1.66. The van der Waals surface area contributed by atoms with Crippen LogP contribution in [0.3, 0.4) is 0 Å². The molecule has 0 bridgehead atoms. The molecule has 1 heterocycles. The van der Waals surface area contributed by atoms with Crippen LogP contribution < -0.4 is 4.74 Å². The van der Waals surface area contributed by atoms with Crippen LogP contribution in [-0.2, 0) is 0 Å². The molecule has 2 nitrogen and oxygen atoms in total. The molecule has 0 aliphatic rings. The predicted molar refractivity (Wildman–Crippen MR) is 53.7 cm³/mol. The van der Waals surface area contributed by atoms with Gasteiger partial charge in [-0.1, -0.05) is 6.07 Å². The molecule has 0 N–H and O–H groups in total. The van der Waals surface area contributed by atoms with Gasteiger partial charge in [0.15, 0.2) is 0 Å². The maximum Gasteiger partial charge on any atom is 0.409 e. The number of carbonyl (C=O) groups is 1. The summed E-state index contributed by atoms with van der Waals surface area (Å²) in [5.41, 5.74) is -0.807. The first-order valence-electron chi connectivity index (χ1n) is 3.61. The van der Waals surface area contributed by atoms with E-state index in [2.05, 4.69) is 0 Å². The lowest BCUT2D eigenvalue weighted by molar-refractivity contribution is 0.226. The molecular weight excluding hydrogens is 208 g/mol. The van der Waals surface area contributed by atoms with Gasteiger partial charge in [-0.05, 0) is 23.6 Å². The largest absolute Gasteiger partial charge is 0.414 e. The standard InChI is InChI=1S/C9H5ClO2S/c10-9(11)12-7-2-1-3-8-6(7)4-5-13-8/h1-5H. The van der Waals surface area contributed by atoms with Crippen LogP contribution in [0.5, 0.6) is 5.75 Å². The minimum absolute atomic E-state index is 0.513. The van der Waals surface area contributed by atoms with Crippen molar-refractivity contribution in [2.24, 2.45) is 0 Å². The molecule has 0 unspecified atom stereocenters. The van der Waals surface area contributed by atoms with Crippen LogP contribution in [0, 0.1) is 0 Å². The molecular formula is C9H5ClO2S. The summed E-state index contributed by atoms with van der Waals surface area (Å²) >= 11 is 6.72. The lowest BCUT2D eigenvalue weighted by Gasteiger charge is -2.00. The van der Waals surface area contributed by atoms with Crippen molar-refractivity contribution in [2.75, 3.05) is 0 Å². The van der Waals surface area contributed by atoms with Crippen molar-refractivity contribution in [3.8, 4) is 5.75 Å². The molecule has 0 fully saturated rings. The fraction of sp³-hybridized carbons (Fsp3) is 0. The second-order valence-corrected chi connectivity index (χ2v) is 3.68. The molecule has 1 aromatic heterocycles. The van der Waals surface area contributed by atoms with E-state index in [1.54, 1.807) is 17.4 Å². The molecule has 2 aromatic rings. The highest BCUT2D eigenvalue weighted by molar-refractivity contribution is 7.17. The minimum atomic E-state index is -0.807. The highest BCUT2D eigenvalue weighted by Crippen LogP contribution is 2.29. The van der Waals surface area contributed by atoms with Crippen molar-refractivity contribution in [3.63, 3.8) is 0 Å². The number of fused-ring (bicyclic) bond motifs is 1. The average molecular weight is 213 g/mol. The highest BCUT2D eigenvalue weighted by Gasteiger charge is 2.05. The number of hydrogen-bond donors (Lipinski definition) is 0. The van der Waals surface area contributed by atoms with Gasteiger partial charge in [0.2, 0.25) is 0 Å². The summed E-state index contributed by atoms with van der Waals surface area (Å²) in [7, 11) is 0. The molecule has 0 spiro atoms. The van der Waals surface area contributed by atoms with E-state index in [0.717, 1.165) is 10.1 Å². The maximum absolute atomic E-state index is 10.5. The zero-order chi connectivity index (χ0) is 9.26. The van der Waals surface area contributed by atoms with E-state index < -0.39 is 5.43 Å². The van der Waals surface area contributed by atoms with E-state index in [4.69, 9.17) is 16.3 Å². The Labute approximate surface area is 83.7 Å². The molecule has 66 valence electrons. The van der Waals surface area contributed by atoms with Crippen molar-refractivity contribution in [2.45, 2.75) is 0 Å². The molecule has 2 rings (SSSR count). The predicted octanol–water partition coefficient (Wildman–Crippen LogP) is 3.64. The number of ether oxygens (including phenoxy) is 1. The van der Waals surface area contributed by atoms with Gasteiger partial charge in [0.25, 0.3) is 0 Å².